The quantitative estimate of drug-likeness (QED) is 0.500. The number of rotatable bonds is 8. The van der Waals surface area contributed by atoms with Crippen LogP contribution in [0.2, 0.25) is 0 Å². The van der Waals surface area contributed by atoms with Gasteiger partial charge in [0, 0.05) is 23.6 Å². The Labute approximate surface area is 118 Å². The molecular formula is C14H20BrClO. The molecule has 0 aliphatic carbocycles. The third-order valence-corrected chi connectivity index (χ3v) is 4.00. The average Bonchev–Trinajstić information content (AvgIpc) is 2.35. The second-order valence-corrected chi connectivity index (χ2v) is 5.32. The molecule has 0 aliphatic rings. The summed E-state index contributed by atoms with van der Waals surface area (Å²) in [4.78, 5) is 0. The van der Waals surface area contributed by atoms with E-state index < -0.39 is 0 Å². The van der Waals surface area contributed by atoms with E-state index in [1.54, 1.807) is 0 Å². The number of hydrogen-bond donors (Lipinski definition) is 0. The van der Waals surface area contributed by atoms with Crippen molar-refractivity contribution < 1.29 is 4.74 Å². The minimum atomic E-state index is 0.538. The Hall–Kier alpha value is -0.0500. The van der Waals surface area contributed by atoms with Crippen LogP contribution in [0.3, 0.4) is 0 Å². The van der Waals surface area contributed by atoms with Gasteiger partial charge in [0.2, 0.25) is 0 Å². The number of benzene rings is 1. The largest absolute Gasteiger partial charge is 0.382 e. The van der Waals surface area contributed by atoms with Crippen LogP contribution in [0.15, 0.2) is 28.7 Å². The SMILES string of the molecule is CCOCCCC(CCl)Cc1ccccc1Br. The number of halogens is 2. The average molecular weight is 320 g/mol. The van der Waals surface area contributed by atoms with Crippen molar-refractivity contribution in [1.29, 1.82) is 0 Å². The Bertz CT molecular complexity index is 317. The Kier molecular flexibility index (Phi) is 7.91. The lowest BCUT2D eigenvalue weighted by atomic mass is 9.97. The molecule has 0 spiro atoms. The van der Waals surface area contributed by atoms with Crippen LogP contribution >= 0.6 is 27.5 Å². The van der Waals surface area contributed by atoms with Gasteiger partial charge in [0.05, 0.1) is 0 Å². The molecule has 1 nitrogen and oxygen atoms in total. The van der Waals surface area contributed by atoms with E-state index in [1.807, 2.05) is 13.0 Å². The van der Waals surface area contributed by atoms with E-state index in [4.69, 9.17) is 16.3 Å². The molecule has 1 rings (SSSR count). The van der Waals surface area contributed by atoms with Crippen LogP contribution in [0, 0.1) is 5.92 Å². The van der Waals surface area contributed by atoms with Gasteiger partial charge in [-0.1, -0.05) is 34.1 Å². The molecule has 1 aromatic rings. The summed E-state index contributed by atoms with van der Waals surface area (Å²) in [6.45, 7) is 3.68. The number of alkyl halides is 1. The van der Waals surface area contributed by atoms with Gasteiger partial charge in [0.1, 0.15) is 0 Å². The van der Waals surface area contributed by atoms with Gasteiger partial charge in [-0.3, -0.25) is 0 Å². The lowest BCUT2D eigenvalue weighted by molar-refractivity contribution is 0.140. The minimum Gasteiger partial charge on any atom is -0.382 e. The van der Waals surface area contributed by atoms with Crippen molar-refractivity contribution in [2.24, 2.45) is 5.92 Å². The maximum atomic E-state index is 6.03. The first-order valence-electron chi connectivity index (χ1n) is 6.15. The van der Waals surface area contributed by atoms with Crippen LogP contribution in [-0.2, 0) is 11.2 Å². The molecule has 0 bridgehead atoms. The summed E-state index contributed by atoms with van der Waals surface area (Å²) in [5, 5.41) is 0. The molecule has 0 aromatic heterocycles. The Morgan fingerprint density at radius 2 is 2.12 bits per heavy atom. The van der Waals surface area contributed by atoms with Crippen LogP contribution in [0.25, 0.3) is 0 Å². The third kappa shape index (κ3) is 5.89. The molecule has 0 saturated heterocycles. The fourth-order valence-electron chi connectivity index (χ4n) is 1.83. The maximum absolute atomic E-state index is 6.03. The molecule has 3 heteroatoms. The zero-order chi connectivity index (χ0) is 12.5. The highest BCUT2D eigenvalue weighted by atomic mass is 79.9. The van der Waals surface area contributed by atoms with Gasteiger partial charge in [-0.05, 0) is 43.7 Å². The van der Waals surface area contributed by atoms with Crippen molar-refractivity contribution in [2.75, 3.05) is 19.1 Å². The zero-order valence-electron chi connectivity index (χ0n) is 10.3. The lowest BCUT2D eigenvalue weighted by Crippen LogP contribution is -2.08. The van der Waals surface area contributed by atoms with Crippen molar-refractivity contribution in [2.45, 2.75) is 26.2 Å². The molecule has 0 amide bonds. The minimum absolute atomic E-state index is 0.538. The zero-order valence-corrected chi connectivity index (χ0v) is 12.6. The van der Waals surface area contributed by atoms with Crippen LogP contribution in [0.4, 0.5) is 0 Å². The standard InChI is InChI=1S/C14H20BrClO/c1-2-17-9-5-6-12(11-16)10-13-7-3-4-8-14(13)15/h3-4,7-8,12H,2,5-6,9-11H2,1H3. The Balaban J connectivity index is 2.38. The molecule has 96 valence electrons. The van der Waals surface area contributed by atoms with E-state index in [9.17, 15) is 0 Å². The van der Waals surface area contributed by atoms with E-state index in [0.717, 1.165) is 32.5 Å². The van der Waals surface area contributed by atoms with Crippen molar-refractivity contribution in [3.63, 3.8) is 0 Å². The van der Waals surface area contributed by atoms with E-state index in [0.29, 0.717) is 11.8 Å². The summed E-state index contributed by atoms with van der Waals surface area (Å²) in [5.41, 5.74) is 1.34. The van der Waals surface area contributed by atoms with E-state index >= 15 is 0 Å². The first-order chi connectivity index (χ1) is 8.27. The molecular weight excluding hydrogens is 300 g/mol. The first-order valence-corrected chi connectivity index (χ1v) is 7.47. The first kappa shape index (κ1) is 15.0. The predicted octanol–water partition coefficient (Wildman–Crippen LogP) is 4.66. The summed E-state index contributed by atoms with van der Waals surface area (Å²) in [5.74, 6) is 1.25. The maximum Gasteiger partial charge on any atom is 0.0466 e. The normalized spacial score (nSPS) is 12.6. The number of hydrogen-bond acceptors (Lipinski definition) is 1. The highest BCUT2D eigenvalue weighted by Crippen LogP contribution is 2.22. The van der Waals surface area contributed by atoms with Gasteiger partial charge in [-0.25, -0.2) is 0 Å². The Morgan fingerprint density at radius 3 is 2.76 bits per heavy atom. The van der Waals surface area contributed by atoms with Crippen molar-refractivity contribution >= 4 is 27.5 Å². The molecule has 1 atom stereocenters. The molecule has 0 radical (unpaired) electrons. The number of ether oxygens (including phenoxy) is 1. The smallest absolute Gasteiger partial charge is 0.0466 e. The molecule has 0 saturated carbocycles. The molecule has 0 fully saturated rings. The van der Waals surface area contributed by atoms with Crippen LogP contribution in [0.1, 0.15) is 25.3 Å². The van der Waals surface area contributed by atoms with Gasteiger partial charge in [0.15, 0.2) is 0 Å². The molecule has 0 aliphatic heterocycles. The van der Waals surface area contributed by atoms with Gasteiger partial charge in [-0.15, -0.1) is 11.6 Å². The lowest BCUT2D eigenvalue weighted by Gasteiger charge is -2.14. The molecule has 0 heterocycles. The fourth-order valence-corrected chi connectivity index (χ4v) is 2.54. The van der Waals surface area contributed by atoms with E-state index in [1.165, 1.54) is 10.0 Å². The highest BCUT2D eigenvalue weighted by molar-refractivity contribution is 9.10. The second-order valence-electron chi connectivity index (χ2n) is 4.16. The topological polar surface area (TPSA) is 9.23 Å². The molecule has 0 N–H and O–H groups in total. The van der Waals surface area contributed by atoms with Gasteiger partial charge < -0.3 is 4.74 Å². The van der Waals surface area contributed by atoms with Crippen LogP contribution in [-0.4, -0.2) is 19.1 Å². The van der Waals surface area contributed by atoms with Gasteiger partial charge in [0.25, 0.3) is 0 Å². The van der Waals surface area contributed by atoms with Crippen molar-refractivity contribution in [1.82, 2.24) is 0 Å². The van der Waals surface area contributed by atoms with Crippen LogP contribution < -0.4 is 0 Å². The predicted molar refractivity (Wildman–Crippen MR) is 77.8 cm³/mol. The van der Waals surface area contributed by atoms with Crippen molar-refractivity contribution in [3.8, 4) is 0 Å². The summed E-state index contributed by atoms with van der Waals surface area (Å²) >= 11 is 9.61. The summed E-state index contributed by atoms with van der Waals surface area (Å²) in [6.07, 6.45) is 3.26. The summed E-state index contributed by atoms with van der Waals surface area (Å²) in [7, 11) is 0. The van der Waals surface area contributed by atoms with Crippen LogP contribution in [0.5, 0.6) is 0 Å². The third-order valence-electron chi connectivity index (χ3n) is 2.79. The highest BCUT2D eigenvalue weighted by Gasteiger charge is 2.10. The van der Waals surface area contributed by atoms with E-state index in [2.05, 4.69) is 34.1 Å². The van der Waals surface area contributed by atoms with Gasteiger partial charge >= 0.3 is 0 Å². The van der Waals surface area contributed by atoms with E-state index in [-0.39, 0.29) is 0 Å². The van der Waals surface area contributed by atoms with Gasteiger partial charge in [-0.2, -0.15) is 0 Å². The second kappa shape index (κ2) is 8.96. The summed E-state index contributed by atoms with van der Waals surface area (Å²) < 4.78 is 6.53. The molecule has 1 unspecified atom stereocenters. The molecule has 1 aromatic carbocycles. The monoisotopic (exact) mass is 318 g/mol. The fraction of sp³-hybridized carbons (Fsp3) is 0.571. The molecule has 17 heavy (non-hydrogen) atoms. The Morgan fingerprint density at radius 1 is 1.35 bits per heavy atom. The van der Waals surface area contributed by atoms with Crippen molar-refractivity contribution in [3.05, 3.63) is 34.3 Å². The summed E-state index contributed by atoms with van der Waals surface area (Å²) in [6, 6.07) is 8.36.